The molecule has 0 aromatic heterocycles. The third-order valence-electron chi connectivity index (χ3n) is 6.62. The van der Waals surface area contributed by atoms with Gasteiger partial charge in [0.2, 0.25) is 0 Å². The molecule has 2 amide bonds. The molecule has 26 heavy (non-hydrogen) atoms. The minimum absolute atomic E-state index is 0.142. The molecule has 3 fully saturated rings. The van der Waals surface area contributed by atoms with E-state index in [4.69, 9.17) is 5.11 Å². The zero-order valence-corrected chi connectivity index (χ0v) is 15.4. The SMILES string of the molecule is Cc1ccc(C2C[C@H]3CC[C@@H](C2)N3C(=O)N2CCC(C(=O)O)CC2)cc1. The van der Waals surface area contributed by atoms with Crippen molar-refractivity contribution in [3.05, 3.63) is 35.4 Å². The van der Waals surface area contributed by atoms with Crippen LogP contribution in [0.4, 0.5) is 4.79 Å². The van der Waals surface area contributed by atoms with Crippen molar-refractivity contribution in [1.29, 1.82) is 0 Å². The molecule has 2 bridgehead atoms. The van der Waals surface area contributed by atoms with Crippen molar-refractivity contribution < 1.29 is 14.7 Å². The summed E-state index contributed by atoms with van der Waals surface area (Å²) >= 11 is 0. The Morgan fingerprint density at radius 2 is 1.54 bits per heavy atom. The summed E-state index contributed by atoms with van der Waals surface area (Å²) in [6.45, 7) is 3.27. The van der Waals surface area contributed by atoms with Crippen molar-refractivity contribution in [3.8, 4) is 0 Å². The van der Waals surface area contributed by atoms with Crippen molar-refractivity contribution in [3.63, 3.8) is 0 Å². The molecule has 140 valence electrons. The minimum Gasteiger partial charge on any atom is -0.481 e. The monoisotopic (exact) mass is 356 g/mol. The van der Waals surface area contributed by atoms with Gasteiger partial charge in [0.25, 0.3) is 0 Å². The molecule has 0 saturated carbocycles. The molecule has 1 N–H and O–H groups in total. The number of carboxylic acid groups (broad SMARTS) is 1. The number of aryl methyl sites for hydroxylation is 1. The van der Waals surface area contributed by atoms with Crippen LogP contribution < -0.4 is 0 Å². The lowest BCUT2D eigenvalue weighted by molar-refractivity contribution is -0.143. The molecule has 1 aromatic rings. The molecule has 5 nitrogen and oxygen atoms in total. The first-order valence-corrected chi connectivity index (χ1v) is 9.89. The summed E-state index contributed by atoms with van der Waals surface area (Å²) in [4.78, 5) is 28.2. The predicted octanol–water partition coefficient (Wildman–Crippen LogP) is 3.62. The van der Waals surface area contributed by atoms with E-state index in [0.29, 0.717) is 43.9 Å². The maximum Gasteiger partial charge on any atom is 0.320 e. The van der Waals surface area contributed by atoms with Crippen LogP contribution in [0.1, 0.15) is 55.6 Å². The van der Waals surface area contributed by atoms with Gasteiger partial charge in [-0.05, 0) is 56.9 Å². The van der Waals surface area contributed by atoms with Crippen molar-refractivity contribution >= 4 is 12.0 Å². The second kappa shape index (κ2) is 6.93. The van der Waals surface area contributed by atoms with Crippen LogP contribution in [-0.4, -0.2) is 52.1 Å². The normalized spacial score (nSPS) is 29.0. The van der Waals surface area contributed by atoms with Crippen molar-refractivity contribution in [2.75, 3.05) is 13.1 Å². The quantitative estimate of drug-likeness (QED) is 0.880. The fraction of sp³-hybridized carbons (Fsp3) is 0.619. The number of piperidine rings is 2. The molecule has 1 unspecified atom stereocenters. The molecule has 0 spiro atoms. The molecule has 1 aromatic carbocycles. The van der Waals surface area contributed by atoms with Crippen LogP contribution >= 0.6 is 0 Å². The van der Waals surface area contributed by atoms with Crippen LogP contribution in [0.3, 0.4) is 0 Å². The minimum atomic E-state index is -0.726. The van der Waals surface area contributed by atoms with Crippen molar-refractivity contribution in [2.24, 2.45) is 5.92 Å². The number of carboxylic acids is 1. The number of benzene rings is 1. The number of carbonyl (C=O) groups excluding carboxylic acids is 1. The Kier molecular flexibility index (Phi) is 4.63. The lowest BCUT2D eigenvalue weighted by Gasteiger charge is -2.43. The lowest BCUT2D eigenvalue weighted by atomic mass is 9.85. The Morgan fingerprint density at radius 3 is 2.08 bits per heavy atom. The van der Waals surface area contributed by atoms with E-state index < -0.39 is 5.97 Å². The second-order valence-electron chi connectivity index (χ2n) is 8.25. The van der Waals surface area contributed by atoms with Crippen LogP contribution in [-0.2, 0) is 4.79 Å². The van der Waals surface area contributed by atoms with E-state index in [2.05, 4.69) is 36.1 Å². The first-order chi connectivity index (χ1) is 12.5. The third kappa shape index (κ3) is 3.19. The summed E-state index contributed by atoms with van der Waals surface area (Å²) in [7, 11) is 0. The second-order valence-corrected chi connectivity index (χ2v) is 8.25. The van der Waals surface area contributed by atoms with Gasteiger partial charge in [-0.3, -0.25) is 4.79 Å². The van der Waals surface area contributed by atoms with Gasteiger partial charge in [-0.2, -0.15) is 0 Å². The molecule has 4 rings (SSSR count). The number of hydrogen-bond donors (Lipinski definition) is 1. The molecule has 3 aliphatic heterocycles. The fourth-order valence-corrected chi connectivity index (χ4v) is 5.08. The molecule has 5 heteroatoms. The lowest BCUT2D eigenvalue weighted by Crippen LogP contribution is -2.53. The molecule has 3 atom stereocenters. The number of hydrogen-bond acceptors (Lipinski definition) is 2. The number of rotatable bonds is 2. The van der Waals surface area contributed by atoms with E-state index in [1.54, 1.807) is 0 Å². The van der Waals surface area contributed by atoms with Crippen molar-refractivity contribution in [2.45, 2.75) is 63.5 Å². The number of amides is 2. The van der Waals surface area contributed by atoms with Crippen LogP contribution in [0.15, 0.2) is 24.3 Å². The van der Waals surface area contributed by atoms with E-state index in [0.717, 1.165) is 25.7 Å². The maximum absolute atomic E-state index is 13.1. The zero-order chi connectivity index (χ0) is 18.3. The highest BCUT2D eigenvalue weighted by atomic mass is 16.4. The fourth-order valence-electron chi connectivity index (χ4n) is 5.08. The molecule has 3 saturated heterocycles. The van der Waals surface area contributed by atoms with Crippen LogP contribution in [0.5, 0.6) is 0 Å². The van der Waals surface area contributed by atoms with Gasteiger partial charge in [-0.15, -0.1) is 0 Å². The summed E-state index contributed by atoms with van der Waals surface area (Å²) in [5.41, 5.74) is 2.69. The predicted molar refractivity (Wildman–Crippen MR) is 99.1 cm³/mol. The third-order valence-corrected chi connectivity index (χ3v) is 6.62. The van der Waals surface area contributed by atoms with E-state index in [1.165, 1.54) is 11.1 Å². The van der Waals surface area contributed by atoms with Gasteiger partial charge >= 0.3 is 12.0 Å². The van der Waals surface area contributed by atoms with Crippen LogP contribution in [0, 0.1) is 12.8 Å². The summed E-state index contributed by atoms with van der Waals surface area (Å²) < 4.78 is 0. The smallest absolute Gasteiger partial charge is 0.320 e. The number of carbonyl (C=O) groups is 2. The molecular formula is C21H28N2O3. The van der Waals surface area contributed by atoms with E-state index >= 15 is 0 Å². The van der Waals surface area contributed by atoms with Gasteiger partial charge in [0.15, 0.2) is 0 Å². The first kappa shape index (κ1) is 17.4. The average Bonchev–Trinajstić information content (AvgIpc) is 2.91. The molecule has 3 aliphatic rings. The largest absolute Gasteiger partial charge is 0.481 e. The topological polar surface area (TPSA) is 60.9 Å². The number of likely N-dealkylation sites (tertiary alicyclic amines) is 1. The Labute approximate surface area is 155 Å². The van der Waals surface area contributed by atoms with Gasteiger partial charge < -0.3 is 14.9 Å². The number of nitrogens with zero attached hydrogens (tertiary/aromatic N) is 2. The van der Waals surface area contributed by atoms with E-state index in [9.17, 15) is 9.59 Å². The Hall–Kier alpha value is -2.04. The number of fused-ring (bicyclic) bond motifs is 2. The summed E-state index contributed by atoms with van der Waals surface area (Å²) in [5, 5.41) is 9.15. The number of urea groups is 1. The molecule has 0 radical (unpaired) electrons. The van der Waals surface area contributed by atoms with Crippen LogP contribution in [0.25, 0.3) is 0 Å². The highest BCUT2D eigenvalue weighted by Gasteiger charge is 2.45. The summed E-state index contributed by atoms with van der Waals surface area (Å²) in [6, 6.07) is 9.67. The van der Waals surface area contributed by atoms with Gasteiger partial charge in [0, 0.05) is 25.2 Å². The maximum atomic E-state index is 13.1. The van der Waals surface area contributed by atoms with Gasteiger partial charge in [0.05, 0.1) is 5.92 Å². The molecular weight excluding hydrogens is 328 g/mol. The van der Waals surface area contributed by atoms with Crippen LogP contribution in [0.2, 0.25) is 0 Å². The van der Waals surface area contributed by atoms with Gasteiger partial charge in [0.1, 0.15) is 0 Å². The van der Waals surface area contributed by atoms with Gasteiger partial charge in [-0.25, -0.2) is 4.79 Å². The number of aliphatic carboxylic acids is 1. The zero-order valence-electron chi connectivity index (χ0n) is 15.4. The Bertz CT molecular complexity index is 665. The van der Waals surface area contributed by atoms with E-state index in [1.807, 2.05) is 4.90 Å². The summed E-state index contributed by atoms with van der Waals surface area (Å²) in [6.07, 6.45) is 5.47. The van der Waals surface area contributed by atoms with Crippen molar-refractivity contribution in [1.82, 2.24) is 9.80 Å². The van der Waals surface area contributed by atoms with Gasteiger partial charge in [-0.1, -0.05) is 29.8 Å². The Balaban J connectivity index is 1.41. The Morgan fingerprint density at radius 1 is 0.962 bits per heavy atom. The standard InChI is InChI=1S/C21H28N2O3/c1-14-2-4-15(5-3-14)17-12-18-6-7-19(13-17)23(18)21(26)22-10-8-16(9-11-22)20(24)25/h2-5,16-19H,6-13H2,1H3,(H,24,25)/t17?,18-,19+. The summed E-state index contributed by atoms with van der Waals surface area (Å²) in [5.74, 6) is -0.464. The highest BCUT2D eigenvalue weighted by Crippen LogP contribution is 2.43. The highest BCUT2D eigenvalue weighted by molar-refractivity contribution is 5.76. The first-order valence-electron chi connectivity index (χ1n) is 9.89. The van der Waals surface area contributed by atoms with E-state index in [-0.39, 0.29) is 11.9 Å². The molecule has 3 heterocycles. The average molecular weight is 356 g/mol. The molecule has 0 aliphatic carbocycles.